The van der Waals surface area contributed by atoms with Crippen molar-refractivity contribution >= 4 is 11.8 Å². The maximum atomic E-state index is 12.1. The summed E-state index contributed by atoms with van der Waals surface area (Å²) in [6.45, 7) is 6.20. The first-order chi connectivity index (χ1) is 13.2. The van der Waals surface area contributed by atoms with Crippen molar-refractivity contribution in [2.45, 2.75) is 25.8 Å². The summed E-state index contributed by atoms with van der Waals surface area (Å²) in [6, 6.07) is 5.86. The minimum atomic E-state index is -0.593. The number of amides is 2. The van der Waals surface area contributed by atoms with Gasteiger partial charge in [-0.25, -0.2) is 0 Å². The molecule has 2 aliphatic rings. The van der Waals surface area contributed by atoms with Crippen molar-refractivity contribution in [3.8, 4) is 11.5 Å². The largest absolute Gasteiger partial charge is 0.454 e. The van der Waals surface area contributed by atoms with Crippen molar-refractivity contribution in [1.82, 2.24) is 10.6 Å². The monoisotopic (exact) mass is 378 g/mol. The number of ether oxygens (including phenoxy) is 3. The molecule has 0 aromatic heterocycles. The Hall–Kier alpha value is -2.32. The molecule has 8 nitrogen and oxygen atoms in total. The molecule has 0 unspecified atom stereocenters. The van der Waals surface area contributed by atoms with Crippen molar-refractivity contribution < 1.29 is 28.7 Å². The third kappa shape index (κ3) is 5.11. The highest BCUT2D eigenvalue weighted by atomic mass is 16.7. The van der Waals surface area contributed by atoms with Gasteiger partial charge >= 0.3 is 11.8 Å². The molecule has 2 heterocycles. The van der Waals surface area contributed by atoms with Gasteiger partial charge in [0.2, 0.25) is 6.79 Å². The fraction of sp³-hybridized carbons (Fsp3) is 0.579. The van der Waals surface area contributed by atoms with Crippen molar-refractivity contribution in [1.29, 1.82) is 0 Å². The Balaban J connectivity index is 1.65. The minimum Gasteiger partial charge on any atom is -0.454 e. The molecule has 3 rings (SSSR count). The highest BCUT2D eigenvalue weighted by Gasteiger charge is 2.29. The smallest absolute Gasteiger partial charge is 0.309 e. The minimum absolute atomic E-state index is 0.00999. The average Bonchev–Trinajstić information content (AvgIpc) is 3.17. The molecule has 1 aromatic carbocycles. The highest BCUT2D eigenvalue weighted by Crippen LogP contribution is 2.33. The summed E-state index contributed by atoms with van der Waals surface area (Å²) < 4.78 is 16.3. The number of morpholine rings is 1. The third-order valence-corrected chi connectivity index (χ3v) is 4.92. The topological polar surface area (TPSA) is 90.3 Å². The van der Waals surface area contributed by atoms with Gasteiger partial charge in [0.1, 0.15) is 19.1 Å². The molecule has 0 spiro atoms. The Morgan fingerprint density at radius 3 is 2.63 bits per heavy atom. The summed E-state index contributed by atoms with van der Waals surface area (Å²) in [6.07, 6.45) is 1.82. The van der Waals surface area contributed by atoms with Crippen LogP contribution in [-0.2, 0) is 14.3 Å². The summed E-state index contributed by atoms with van der Waals surface area (Å²) in [7, 11) is 0. The zero-order valence-electron chi connectivity index (χ0n) is 15.7. The van der Waals surface area contributed by atoms with Gasteiger partial charge in [0.05, 0.1) is 19.8 Å². The summed E-state index contributed by atoms with van der Waals surface area (Å²) in [5.74, 6) is 0.275. The van der Waals surface area contributed by atoms with Gasteiger partial charge in [0.15, 0.2) is 11.5 Å². The van der Waals surface area contributed by atoms with E-state index >= 15 is 0 Å². The van der Waals surface area contributed by atoms with Crippen LogP contribution < -0.4 is 25.0 Å². The number of fused-ring (bicyclic) bond motifs is 1. The summed E-state index contributed by atoms with van der Waals surface area (Å²) in [4.78, 5) is 25.4. The van der Waals surface area contributed by atoms with E-state index in [0.717, 1.165) is 37.2 Å². The molecular weight excluding hydrogens is 350 g/mol. The van der Waals surface area contributed by atoms with Crippen LogP contribution in [0.2, 0.25) is 0 Å². The van der Waals surface area contributed by atoms with Crippen molar-refractivity contribution in [3.05, 3.63) is 23.8 Å². The van der Waals surface area contributed by atoms with Gasteiger partial charge in [0.25, 0.3) is 0 Å². The molecule has 0 aliphatic carbocycles. The fourth-order valence-electron chi connectivity index (χ4n) is 3.34. The van der Waals surface area contributed by atoms with Gasteiger partial charge in [-0.15, -0.1) is 0 Å². The number of carbonyl (C=O) groups excluding carboxylic acids is 2. The van der Waals surface area contributed by atoms with E-state index in [-0.39, 0.29) is 12.8 Å². The van der Waals surface area contributed by atoms with E-state index in [1.54, 1.807) is 0 Å². The van der Waals surface area contributed by atoms with Crippen LogP contribution in [0.3, 0.4) is 0 Å². The molecule has 1 atom stereocenters. The maximum absolute atomic E-state index is 12.1. The molecule has 1 fully saturated rings. The van der Waals surface area contributed by atoms with Gasteiger partial charge in [-0.3, -0.25) is 9.59 Å². The number of unbranched alkanes of at least 4 members (excludes halogenated alkanes) is 1. The van der Waals surface area contributed by atoms with Gasteiger partial charge in [0, 0.05) is 12.1 Å². The SMILES string of the molecule is CCCCNC(=O)C(=O)NC[C@H](c1ccc2c(c1)OCO2)[NH+]1CCOCC1. The molecule has 1 saturated heterocycles. The summed E-state index contributed by atoms with van der Waals surface area (Å²) in [5, 5.41) is 5.43. The zero-order chi connectivity index (χ0) is 19.1. The van der Waals surface area contributed by atoms with E-state index in [1.807, 2.05) is 25.1 Å². The van der Waals surface area contributed by atoms with Gasteiger partial charge in [-0.1, -0.05) is 13.3 Å². The van der Waals surface area contributed by atoms with Crippen molar-refractivity contribution in [2.75, 3.05) is 46.2 Å². The summed E-state index contributed by atoms with van der Waals surface area (Å²) in [5.41, 5.74) is 1.04. The number of rotatable bonds is 7. The molecule has 148 valence electrons. The Labute approximate surface area is 159 Å². The third-order valence-electron chi connectivity index (χ3n) is 4.92. The van der Waals surface area contributed by atoms with Crippen LogP contribution in [0, 0.1) is 0 Å². The predicted molar refractivity (Wildman–Crippen MR) is 97.7 cm³/mol. The van der Waals surface area contributed by atoms with E-state index in [0.29, 0.717) is 32.1 Å². The van der Waals surface area contributed by atoms with Crippen LogP contribution >= 0.6 is 0 Å². The Morgan fingerprint density at radius 1 is 1.11 bits per heavy atom. The number of benzene rings is 1. The fourth-order valence-corrected chi connectivity index (χ4v) is 3.34. The number of quaternary nitrogens is 1. The van der Waals surface area contributed by atoms with E-state index in [2.05, 4.69) is 10.6 Å². The lowest BCUT2D eigenvalue weighted by molar-refractivity contribution is -0.937. The lowest BCUT2D eigenvalue weighted by Gasteiger charge is -2.32. The van der Waals surface area contributed by atoms with Crippen molar-refractivity contribution in [2.24, 2.45) is 0 Å². The van der Waals surface area contributed by atoms with Crippen LogP contribution in [0.5, 0.6) is 11.5 Å². The van der Waals surface area contributed by atoms with E-state index in [1.165, 1.54) is 4.90 Å². The van der Waals surface area contributed by atoms with Crippen LogP contribution in [0.15, 0.2) is 18.2 Å². The predicted octanol–water partition coefficient (Wildman–Crippen LogP) is -0.596. The second-order valence-electron chi connectivity index (χ2n) is 6.76. The molecule has 2 amide bonds. The Morgan fingerprint density at radius 2 is 1.85 bits per heavy atom. The average molecular weight is 378 g/mol. The second kappa shape index (κ2) is 9.57. The second-order valence-corrected chi connectivity index (χ2v) is 6.76. The molecule has 3 N–H and O–H groups in total. The molecule has 1 aromatic rings. The number of carbonyl (C=O) groups is 2. The molecule has 8 heteroatoms. The van der Waals surface area contributed by atoms with E-state index < -0.39 is 11.8 Å². The highest BCUT2D eigenvalue weighted by molar-refractivity contribution is 6.35. The van der Waals surface area contributed by atoms with Crippen LogP contribution in [0.1, 0.15) is 31.4 Å². The molecule has 0 saturated carbocycles. The van der Waals surface area contributed by atoms with Gasteiger partial charge in [-0.05, 0) is 24.6 Å². The molecule has 0 bridgehead atoms. The van der Waals surface area contributed by atoms with Crippen LogP contribution in [0.25, 0.3) is 0 Å². The number of hydrogen-bond donors (Lipinski definition) is 3. The van der Waals surface area contributed by atoms with Crippen molar-refractivity contribution in [3.63, 3.8) is 0 Å². The normalized spacial score (nSPS) is 17.4. The van der Waals surface area contributed by atoms with E-state index in [9.17, 15) is 9.59 Å². The van der Waals surface area contributed by atoms with Crippen LogP contribution in [-0.4, -0.2) is 58.0 Å². The Bertz CT molecular complexity index is 661. The molecule has 2 aliphatic heterocycles. The lowest BCUT2D eigenvalue weighted by atomic mass is 10.0. The first kappa shape index (κ1) is 19.4. The Kier molecular flexibility index (Phi) is 6.89. The summed E-state index contributed by atoms with van der Waals surface area (Å²) >= 11 is 0. The molecule has 0 radical (unpaired) electrons. The van der Waals surface area contributed by atoms with Gasteiger partial charge < -0.3 is 29.7 Å². The number of hydrogen-bond acceptors (Lipinski definition) is 5. The standard InChI is InChI=1S/C19H27N3O5/c1-2-3-6-20-18(23)19(24)21-12-15(22-7-9-25-10-8-22)14-4-5-16-17(11-14)27-13-26-16/h4-5,11,15H,2-3,6-10,12-13H2,1H3,(H,20,23)(H,21,24)/p+1/t15-/m1/s1. The first-order valence-electron chi connectivity index (χ1n) is 9.57. The first-order valence-corrected chi connectivity index (χ1v) is 9.57. The molecule has 27 heavy (non-hydrogen) atoms. The molecular formula is C19H28N3O5+. The van der Waals surface area contributed by atoms with Crippen LogP contribution in [0.4, 0.5) is 0 Å². The lowest BCUT2D eigenvalue weighted by Crippen LogP contribution is -3.15. The number of nitrogens with one attached hydrogen (secondary N) is 3. The zero-order valence-corrected chi connectivity index (χ0v) is 15.7. The van der Waals surface area contributed by atoms with Gasteiger partial charge in [-0.2, -0.15) is 0 Å². The maximum Gasteiger partial charge on any atom is 0.309 e. The quantitative estimate of drug-likeness (QED) is 0.436. The van der Waals surface area contributed by atoms with E-state index in [4.69, 9.17) is 14.2 Å².